The second-order valence-corrected chi connectivity index (χ2v) is 22.7. The minimum atomic E-state index is -0.743. The summed E-state index contributed by atoms with van der Waals surface area (Å²) in [4.78, 5) is 98.8. The molecule has 2 unspecified atom stereocenters. The summed E-state index contributed by atoms with van der Waals surface area (Å²) < 4.78 is 5.40. The van der Waals surface area contributed by atoms with Gasteiger partial charge >= 0.3 is 6.09 Å². The highest BCUT2D eigenvalue weighted by atomic mass is 32.1. The monoisotopic (exact) mass is 1010 g/mol. The molecule has 3 N–H and O–H groups in total. The average Bonchev–Trinajstić information content (AvgIpc) is 4.16. The molecule has 0 radical (unpaired) electrons. The molecule has 2 aromatic carbocycles. The van der Waals surface area contributed by atoms with E-state index in [1.165, 1.54) is 0 Å². The molecule has 2 fully saturated rings. The molecule has 2 saturated heterocycles. The van der Waals surface area contributed by atoms with Crippen LogP contribution in [0, 0.1) is 23.7 Å². The smallest absolute Gasteiger partial charge is 0.408 e. The van der Waals surface area contributed by atoms with E-state index in [-0.39, 0.29) is 54.0 Å². The quantitative estimate of drug-likeness (QED) is 0.104. The number of carbonyl (C=O) groups is 7. The van der Waals surface area contributed by atoms with Crippen molar-refractivity contribution in [3.05, 3.63) is 92.3 Å². The summed E-state index contributed by atoms with van der Waals surface area (Å²) in [5.41, 5.74) is 12.6. The highest BCUT2D eigenvalue weighted by Gasteiger charge is 2.41. The number of thiophene rings is 2. The van der Waals surface area contributed by atoms with Gasteiger partial charge in [-0.15, -0.1) is 0 Å². The maximum atomic E-state index is 14.0. The van der Waals surface area contributed by atoms with E-state index in [1.54, 1.807) is 63.0 Å². The summed E-state index contributed by atoms with van der Waals surface area (Å²) in [7, 11) is 0. The van der Waals surface area contributed by atoms with E-state index in [9.17, 15) is 33.6 Å². The fourth-order valence-electron chi connectivity index (χ4n) is 10.1. The molecule has 5 amide bonds. The van der Waals surface area contributed by atoms with Gasteiger partial charge < -0.3 is 35.4 Å². The number of hydrogen-bond donors (Lipinski definition) is 2. The molecular formula is C55H70N6O8S2. The Morgan fingerprint density at radius 3 is 1.55 bits per heavy atom. The Morgan fingerprint density at radius 2 is 1.15 bits per heavy atom. The van der Waals surface area contributed by atoms with Crippen LogP contribution in [0.1, 0.15) is 122 Å². The number of anilines is 4. The molecule has 0 spiro atoms. The number of Topliss-reactive ketones (excluding diaryl/α,β-unsaturated/α-hetero) is 2. The van der Waals surface area contributed by atoms with Gasteiger partial charge in [-0.25, -0.2) is 4.79 Å². The molecule has 4 aliphatic rings. The molecule has 0 bridgehead atoms. The van der Waals surface area contributed by atoms with Crippen molar-refractivity contribution < 1.29 is 38.3 Å². The van der Waals surface area contributed by atoms with Crippen molar-refractivity contribution in [3.63, 3.8) is 0 Å². The van der Waals surface area contributed by atoms with Gasteiger partial charge in [-0.05, 0) is 139 Å². The van der Waals surface area contributed by atoms with Gasteiger partial charge in [-0.3, -0.25) is 28.8 Å². The second kappa shape index (κ2) is 23.2. The Balaban J connectivity index is 0.000000213. The highest BCUT2D eigenvalue weighted by molar-refractivity contribution is 7.08. The lowest BCUT2D eigenvalue weighted by molar-refractivity contribution is -0.129. The van der Waals surface area contributed by atoms with Gasteiger partial charge in [0.2, 0.25) is 23.6 Å². The number of amides is 5. The normalized spacial score (nSPS) is 18.9. The van der Waals surface area contributed by atoms with E-state index in [2.05, 4.69) is 5.32 Å². The van der Waals surface area contributed by atoms with E-state index in [0.717, 1.165) is 57.8 Å². The lowest BCUT2D eigenvalue weighted by atomic mass is 9.85. The standard InChI is InChI=1S/C30H39N3O5S.C25H31N3O3S/c1-19(2)14-23(31-29(37)38-30(3,4)5)25(34)16-22-15-21-8-6-9-24(32-12-7-10-26(32)35)27(21)33(28(22)36)17-20-11-13-39-18-20;1-16(2)11-20(26)22(29)13-19-12-18-5-3-6-21(27-9-4-7-23(27)30)24(18)28(25(19)31)14-17-8-10-32-15-17/h6,8-9,11,13,18-19,22-23H,7,10,12,14-17H2,1-5H3,(H,31,37);3,5-6,8,10,15-16,19-20H,4,7,9,11-14,26H2,1-2H3/t22?,23-;19?,20-/m11/s1. The highest BCUT2D eigenvalue weighted by Crippen LogP contribution is 2.44. The lowest BCUT2D eigenvalue weighted by Crippen LogP contribution is -2.47. The zero-order valence-corrected chi connectivity index (χ0v) is 43.9. The lowest BCUT2D eigenvalue weighted by Gasteiger charge is -2.37. The van der Waals surface area contributed by atoms with Crippen LogP contribution in [-0.4, -0.2) is 72.1 Å². The first-order chi connectivity index (χ1) is 33.8. The van der Waals surface area contributed by atoms with Crippen LogP contribution in [0.5, 0.6) is 0 Å². The number of ketones is 2. The van der Waals surface area contributed by atoms with Crippen molar-refractivity contribution >= 4 is 86.7 Å². The van der Waals surface area contributed by atoms with Crippen molar-refractivity contribution in [2.45, 2.75) is 143 Å². The number of fused-ring (bicyclic) bond motifs is 2. The van der Waals surface area contributed by atoms with Gasteiger partial charge in [0.05, 0.1) is 47.9 Å². The molecule has 16 heteroatoms. The summed E-state index contributed by atoms with van der Waals surface area (Å²) in [6.45, 7) is 15.5. The zero-order valence-electron chi connectivity index (χ0n) is 42.2. The first-order valence-electron chi connectivity index (χ1n) is 25.1. The molecule has 14 nitrogen and oxygen atoms in total. The number of carbonyl (C=O) groups excluding carboxylic acids is 7. The Hall–Kier alpha value is -5.71. The van der Waals surface area contributed by atoms with E-state index >= 15 is 0 Å². The van der Waals surface area contributed by atoms with Crippen molar-refractivity contribution in [1.29, 1.82) is 0 Å². The molecule has 8 rings (SSSR count). The minimum Gasteiger partial charge on any atom is -0.444 e. The number of rotatable bonds is 17. The van der Waals surface area contributed by atoms with Crippen LogP contribution >= 0.6 is 22.7 Å². The number of nitrogens with two attached hydrogens (primary N) is 1. The van der Waals surface area contributed by atoms with Gasteiger partial charge in [-0.2, -0.15) is 22.7 Å². The molecule has 4 atom stereocenters. The molecule has 380 valence electrons. The number of ether oxygens (including phenoxy) is 1. The van der Waals surface area contributed by atoms with Gasteiger partial charge in [-0.1, -0.05) is 52.0 Å². The third kappa shape index (κ3) is 13.2. The number of nitrogens with one attached hydrogen (secondary N) is 1. The van der Waals surface area contributed by atoms with Crippen molar-refractivity contribution in [3.8, 4) is 0 Å². The third-order valence-electron chi connectivity index (χ3n) is 13.3. The van der Waals surface area contributed by atoms with Crippen molar-refractivity contribution in [2.75, 3.05) is 32.7 Å². The molecule has 71 heavy (non-hydrogen) atoms. The van der Waals surface area contributed by atoms with Gasteiger partial charge in [0.15, 0.2) is 5.78 Å². The summed E-state index contributed by atoms with van der Waals surface area (Å²) >= 11 is 3.15. The predicted molar refractivity (Wildman–Crippen MR) is 281 cm³/mol. The minimum absolute atomic E-state index is 0.0124. The largest absolute Gasteiger partial charge is 0.444 e. The number of alkyl carbamates (subject to hydrolysis) is 1. The fourth-order valence-corrected chi connectivity index (χ4v) is 11.4. The van der Waals surface area contributed by atoms with Gasteiger partial charge in [0.1, 0.15) is 11.4 Å². The molecular weight excluding hydrogens is 937 g/mol. The molecule has 4 aromatic rings. The average molecular weight is 1010 g/mol. The number of para-hydroxylation sites is 2. The Kier molecular flexibility index (Phi) is 17.4. The SMILES string of the molecule is CC(C)C[C@@H](N)C(=O)CC1Cc2cccc(N3CCCC3=O)c2N(Cc2ccsc2)C1=O.CC(C)C[C@@H](NC(=O)OC(C)(C)C)C(=O)CC1Cc2cccc(N3CCCC3=O)c2N(Cc2ccsc2)C1=O. The zero-order chi connectivity index (χ0) is 51.1. The van der Waals surface area contributed by atoms with E-state index in [4.69, 9.17) is 10.5 Å². The van der Waals surface area contributed by atoms with Gasteiger partial charge in [0, 0.05) is 50.6 Å². The number of hydrogen-bond acceptors (Lipinski definition) is 11. The van der Waals surface area contributed by atoms with E-state index in [0.29, 0.717) is 70.6 Å². The first-order valence-corrected chi connectivity index (χ1v) is 27.0. The van der Waals surface area contributed by atoms with Crippen LogP contribution in [0.3, 0.4) is 0 Å². The van der Waals surface area contributed by atoms with Crippen molar-refractivity contribution in [1.82, 2.24) is 5.32 Å². The van der Waals surface area contributed by atoms with Crippen LogP contribution in [-0.2, 0) is 59.4 Å². The summed E-state index contributed by atoms with van der Waals surface area (Å²) in [6, 6.07) is 14.4. The maximum Gasteiger partial charge on any atom is 0.408 e. The van der Waals surface area contributed by atoms with Gasteiger partial charge in [0.25, 0.3) is 0 Å². The molecule has 0 saturated carbocycles. The van der Waals surface area contributed by atoms with E-state index in [1.807, 2.05) is 97.7 Å². The fraction of sp³-hybridized carbons (Fsp3) is 0.509. The van der Waals surface area contributed by atoms with Crippen LogP contribution < -0.4 is 30.7 Å². The summed E-state index contributed by atoms with van der Waals surface area (Å²) in [6.07, 6.45) is 4.14. The summed E-state index contributed by atoms with van der Waals surface area (Å²) in [5.74, 6) is -0.791. The Bertz CT molecular complexity index is 2570. The van der Waals surface area contributed by atoms with E-state index < -0.39 is 35.6 Å². The number of nitrogens with zero attached hydrogens (tertiary/aromatic N) is 4. The predicted octanol–water partition coefficient (Wildman–Crippen LogP) is 9.39. The van der Waals surface area contributed by atoms with Crippen molar-refractivity contribution in [2.24, 2.45) is 29.4 Å². The maximum absolute atomic E-state index is 14.0. The van der Waals surface area contributed by atoms with Crippen LogP contribution in [0.25, 0.3) is 0 Å². The second-order valence-electron chi connectivity index (χ2n) is 21.2. The number of benzene rings is 2. The molecule has 0 aliphatic carbocycles. The Labute approximate surface area is 426 Å². The van der Waals surface area contributed by atoms with Crippen LogP contribution in [0.2, 0.25) is 0 Å². The van der Waals surface area contributed by atoms with Crippen LogP contribution in [0.15, 0.2) is 70.1 Å². The third-order valence-corrected chi connectivity index (χ3v) is 14.8. The topological polar surface area (TPSA) is 180 Å². The Morgan fingerprint density at radius 1 is 0.690 bits per heavy atom. The summed E-state index contributed by atoms with van der Waals surface area (Å²) in [5, 5.41) is 10.8. The first kappa shape index (κ1) is 53.1. The van der Waals surface area contributed by atoms with Crippen LogP contribution in [0.4, 0.5) is 27.5 Å². The molecule has 2 aromatic heterocycles. The molecule has 4 aliphatic heterocycles. The molecule has 6 heterocycles.